The Hall–Kier alpha value is -0.0175. The Kier molecular flexibility index (Phi) is 11.4. The summed E-state index contributed by atoms with van der Waals surface area (Å²) in [5, 5.41) is 11.5. The maximum absolute atomic E-state index is 8.42. The predicted molar refractivity (Wildman–Crippen MR) is 37.7 cm³/mol. The van der Waals surface area contributed by atoms with Gasteiger partial charge in [-0.3, -0.25) is 0 Å². The van der Waals surface area contributed by atoms with Crippen LogP contribution in [0, 0.1) is 18.3 Å². The summed E-state index contributed by atoms with van der Waals surface area (Å²) in [6.07, 6.45) is 1.72. The minimum Gasteiger partial charge on any atom is -0.342 e. The molecule has 1 atom stereocenters. The van der Waals surface area contributed by atoms with Crippen LogP contribution in [-0.2, 0) is 17.4 Å². The van der Waals surface area contributed by atoms with Gasteiger partial charge in [0.2, 0.25) is 0 Å². The second kappa shape index (κ2) is 8.98. The number of hydrogen-bond acceptors (Lipinski definition) is 2. The minimum atomic E-state index is 0. The van der Waals surface area contributed by atoms with E-state index in [9.17, 15) is 0 Å². The van der Waals surface area contributed by atoms with Crippen LogP contribution in [0.4, 0.5) is 0 Å². The van der Waals surface area contributed by atoms with E-state index in [0.717, 1.165) is 19.4 Å². The Morgan fingerprint density at radius 3 is 2.60 bits per heavy atom. The Balaban J connectivity index is 0. The molecule has 0 aromatic heterocycles. The van der Waals surface area contributed by atoms with Crippen molar-refractivity contribution in [2.24, 2.45) is 0 Å². The van der Waals surface area contributed by atoms with Crippen LogP contribution in [0.1, 0.15) is 19.8 Å². The van der Waals surface area contributed by atoms with Crippen LogP contribution < -0.4 is 5.32 Å². The number of nitrogens with one attached hydrogen (secondary N) is 1. The van der Waals surface area contributed by atoms with E-state index in [2.05, 4.69) is 18.3 Å². The average molecular weight is 177 g/mol. The fourth-order valence-corrected chi connectivity index (χ4v) is 0.558. The van der Waals surface area contributed by atoms with E-state index >= 15 is 0 Å². The summed E-state index contributed by atoms with van der Waals surface area (Å²) in [5.74, 6) is 0. The molecule has 0 fully saturated rings. The molecule has 0 heterocycles. The number of nitriles is 1. The molecule has 0 aliphatic rings. The Morgan fingerprint density at radius 2 is 2.30 bits per heavy atom. The second-order valence-corrected chi connectivity index (χ2v) is 1.90. The summed E-state index contributed by atoms with van der Waals surface area (Å²) in [7, 11) is 0. The molecule has 3 heteroatoms. The Bertz CT molecular complexity index is 98.3. The van der Waals surface area contributed by atoms with Crippen LogP contribution in [0.2, 0.25) is 0 Å². The summed E-state index contributed by atoms with van der Waals surface area (Å²) in [6.45, 7) is 6.48. The predicted octanol–water partition coefficient (Wildman–Crippen LogP) is 1.10. The first kappa shape index (κ1) is 12.6. The van der Waals surface area contributed by atoms with Gasteiger partial charge in [0.1, 0.15) is 0 Å². The molecule has 0 bridgehead atoms. The molecule has 58 valence electrons. The Morgan fingerprint density at radius 1 is 1.70 bits per heavy atom. The number of nitrogens with zero attached hydrogens (tertiary/aromatic N) is 1. The molecule has 0 amide bonds. The van der Waals surface area contributed by atoms with Crippen LogP contribution in [0.15, 0.2) is 0 Å². The summed E-state index contributed by atoms with van der Waals surface area (Å²) in [5.41, 5.74) is 0. The van der Waals surface area contributed by atoms with Crippen LogP contribution in [-0.4, -0.2) is 12.6 Å². The molecular formula is C7H13CrN2-. The molecule has 0 radical (unpaired) electrons. The first-order valence-corrected chi connectivity index (χ1v) is 3.27. The monoisotopic (exact) mass is 177 g/mol. The van der Waals surface area contributed by atoms with Crippen molar-refractivity contribution in [2.75, 3.05) is 6.54 Å². The summed E-state index contributed by atoms with van der Waals surface area (Å²) in [6, 6.07) is 2.17. The van der Waals surface area contributed by atoms with E-state index in [4.69, 9.17) is 5.26 Å². The van der Waals surface area contributed by atoms with Crippen molar-refractivity contribution in [3.05, 3.63) is 6.92 Å². The van der Waals surface area contributed by atoms with Gasteiger partial charge < -0.3 is 12.2 Å². The van der Waals surface area contributed by atoms with Crippen molar-refractivity contribution in [1.82, 2.24) is 5.32 Å². The second-order valence-electron chi connectivity index (χ2n) is 1.90. The molecule has 1 unspecified atom stereocenters. The smallest absolute Gasteiger partial charge is 0.0949 e. The molecule has 0 saturated carbocycles. The fraction of sp³-hybridized carbons (Fsp3) is 0.714. The minimum absolute atomic E-state index is 0. The molecule has 0 aliphatic heterocycles. The van der Waals surface area contributed by atoms with Gasteiger partial charge in [0.05, 0.1) is 12.1 Å². The summed E-state index contributed by atoms with van der Waals surface area (Å²) >= 11 is 0. The van der Waals surface area contributed by atoms with E-state index in [1.54, 1.807) is 0 Å². The molecule has 0 rings (SSSR count). The fourth-order valence-electron chi connectivity index (χ4n) is 0.558. The maximum atomic E-state index is 8.42. The zero-order valence-electron chi connectivity index (χ0n) is 6.26. The third kappa shape index (κ3) is 6.11. The molecular weight excluding hydrogens is 164 g/mol. The van der Waals surface area contributed by atoms with Crippen molar-refractivity contribution in [3.63, 3.8) is 0 Å². The average Bonchev–Trinajstić information content (AvgIpc) is 1.91. The van der Waals surface area contributed by atoms with Crippen LogP contribution in [0.3, 0.4) is 0 Å². The van der Waals surface area contributed by atoms with Gasteiger partial charge in [-0.25, -0.2) is 0 Å². The van der Waals surface area contributed by atoms with Crippen LogP contribution >= 0.6 is 0 Å². The molecule has 0 aromatic carbocycles. The summed E-state index contributed by atoms with van der Waals surface area (Å²) < 4.78 is 0. The number of rotatable bonds is 4. The van der Waals surface area contributed by atoms with Crippen LogP contribution in [0.5, 0.6) is 0 Å². The van der Waals surface area contributed by atoms with Gasteiger partial charge in [-0.05, 0) is 13.0 Å². The van der Waals surface area contributed by atoms with Gasteiger partial charge in [0.25, 0.3) is 0 Å². The third-order valence-corrected chi connectivity index (χ3v) is 1.13. The van der Waals surface area contributed by atoms with Gasteiger partial charge in [-0.15, -0.1) is 0 Å². The molecule has 1 N–H and O–H groups in total. The van der Waals surface area contributed by atoms with E-state index in [1.807, 2.05) is 6.92 Å². The van der Waals surface area contributed by atoms with Crippen molar-refractivity contribution < 1.29 is 17.4 Å². The van der Waals surface area contributed by atoms with Gasteiger partial charge >= 0.3 is 0 Å². The first-order valence-electron chi connectivity index (χ1n) is 3.27. The van der Waals surface area contributed by atoms with Gasteiger partial charge in [-0.2, -0.15) is 11.7 Å². The standard InChI is InChI=1S/C7H13N2.Cr/c1-3-5-9-7(4-2)6-8;/h7,9H,1,3-5H2,2H3;/q-1;. The SMILES string of the molecule is [CH2-]CCNC(C#N)CC.[Cr]. The number of hydrogen-bond donors (Lipinski definition) is 1. The van der Waals surface area contributed by atoms with E-state index in [0.29, 0.717) is 0 Å². The third-order valence-electron chi connectivity index (χ3n) is 1.13. The van der Waals surface area contributed by atoms with Crippen LogP contribution in [0.25, 0.3) is 0 Å². The van der Waals surface area contributed by atoms with Gasteiger partial charge in [-0.1, -0.05) is 6.92 Å². The molecule has 0 aromatic rings. The topological polar surface area (TPSA) is 35.8 Å². The Labute approximate surface area is 73.7 Å². The zero-order chi connectivity index (χ0) is 7.11. The molecule has 0 saturated heterocycles. The molecule has 10 heavy (non-hydrogen) atoms. The first-order chi connectivity index (χ1) is 4.35. The maximum Gasteiger partial charge on any atom is 0.0949 e. The zero-order valence-corrected chi connectivity index (χ0v) is 7.54. The van der Waals surface area contributed by atoms with Crippen molar-refractivity contribution in [1.29, 1.82) is 5.26 Å². The van der Waals surface area contributed by atoms with Gasteiger partial charge in [0.15, 0.2) is 0 Å². The largest absolute Gasteiger partial charge is 0.342 e. The van der Waals surface area contributed by atoms with E-state index < -0.39 is 0 Å². The molecule has 0 aliphatic carbocycles. The molecule has 0 spiro atoms. The van der Waals surface area contributed by atoms with Crippen molar-refractivity contribution in [2.45, 2.75) is 25.8 Å². The van der Waals surface area contributed by atoms with E-state index in [1.165, 1.54) is 0 Å². The van der Waals surface area contributed by atoms with Crippen molar-refractivity contribution >= 4 is 0 Å². The van der Waals surface area contributed by atoms with E-state index in [-0.39, 0.29) is 23.4 Å². The van der Waals surface area contributed by atoms with Gasteiger partial charge in [0, 0.05) is 17.4 Å². The molecule has 2 nitrogen and oxygen atoms in total. The van der Waals surface area contributed by atoms with Crippen molar-refractivity contribution in [3.8, 4) is 6.07 Å². The summed E-state index contributed by atoms with van der Waals surface area (Å²) in [4.78, 5) is 0. The quantitative estimate of drug-likeness (QED) is 0.653. The normalized spacial score (nSPS) is 11.3.